The average molecular weight is 226 g/mol. The van der Waals surface area contributed by atoms with Crippen molar-refractivity contribution in [2.75, 3.05) is 7.11 Å². The van der Waals surface area contributed by atoms with Crippen molar-refractivity contribution >= 4 is 11.2 Å². The Hall–Kier alpha value is -2.43. The van der Waals surface area contributed by atoms with Crippen LogP contribution >= 0.6 is 0 Å². The zero-order chi connectivity index (χ0) is 11.7. The molecule has 0 bridgehead atoms. The molecule has 0 fully saturated rings. The Kier molecular flexibility index (Phi) is 2.22. The predicted molar refractivity (Wildman–Crippen MR) is 63.2 cm³/mol. The Morgan fingerprint density at radius 2 is 1.94 bits per heavy atom. The highest BCUT2D eigenvalue weighted by Crippen LogP contribution is 2.18. The van der Waals surface area contributed by atoms with Crippen molar-refractivity contribution in [1.82, 2.24) is 19.5 Å². The smallest absolute Gasteiger partial charge is 0.167 e. The number of imidazole rings is 1. The molecule has 17 heavy (non-hydrogen) atoms. The quantitative estimate of drug-likeness (QED) is 0.668. The second kappa shape index (κ2) is 3.86. The lowest BCUT2D eigenvalue weighted by Crippen LogP contribution is -1.94. The van der Waals surface area contributed by atoms with Crippen molar-refractivity contribution in [1.29, 1.82) is 0 Å². The topological polar surface area (TPSA) is 52.8 Å². The number of hydrogen-bond donors (Lipinski definition) is 0. The summed E-state index contributed by atoms with van der Waals surface area (Å²) in [4.78, 5) is 12.4. The Labute approximate surface area is 97.7 Å². The van der Waals surface area contributed by atoms with E-state index >= 15 is 0 Å². The minimum absolute atomic E-state index is 0.781. The molecule has 2 heterocycles. The second-order valence-electron chi connectivity index (χ2n) is 3.54. The fraction of sp³-hybridized carbons (Fsp3) is 0.0833. The maximum atomic E-state index is 5.12. The van der Waals surface area contributed by atoms with E-state index in [0.29, 0.717) is 0 Å². The summed E-state index contributed by atoms with van der Waals surface area (Å²) in [6, 6.07) is 7.73. The first-order chi connectivity index (χ1) is 8.38. The lowest BCUT2D eigenvalue weighted by Gasteiger charge is -2.04. The third-order valence-electron chi connectivity index (χ3n) is 2.56. The van der Waals surface area contributed by atoms with Crippen molar-refractivity contribution in [3.63, 3.8) is 0 Å². The van der Waals surface area contributed by atoms with Crippen LogP contribution < -0.4 is 4.74 Å². The maximum Gasteiger partial charge on any atom is 0.167 e. The molecule has 0 aliphatic carbocycles. The van der Waals surface area contributed by atoms with Crippen LogP contribution in [0.3, 0.4) is 0 Å². The van der Waals surface area contributed by atoms with E-state index in [1.165, 1.54) is 6.33 Å². The number of fused-ring (bicyclic) bond motifs is 1. The van der Waals surface area contributed by atoms with Crippen LogP contribution in [0.25, 0.3) is 16.9 Å². The van der Waals surface area contributed by atoms with E-state index in [1.807, 2.05) is 28.8 Å². The van der Waals surface area contributed by atoms with Crippen LogP contribution in [0.5, 0.6) is 5.75 Å². The van der Waals surface area contributed by atoms with Crippen molar-refractivity contribution < 1.29 is 4.74 Å². The number of nitrogens with zero attached hydrogens (tertiary/aromatic N) is 4. The van der Waals surface area contributed by atoms with Crippen LogP contribution in [0.1, 0.15) is 0 Å². The minimum atomic E-state index is 0.781. The van der Waals surface area contributed by atoms with Crippen LogP contribution in [0, 0.1) is 0 Å². The Balaban J connectivity index is 2.13. The monoisotopic (exact) mass is 226 g/mol. The summed E-state index contributed by atoms with van der Waals surface area (Å²) >= 11 is 0. The summed E-state index contributed by atoms with van der Waals surface area (Å²) in [5.41, 5.74) is 2.57. The number of hydrogen-bond acceptors (Lipinski definition) is 4. The Morgan fingerprint density at radius 3 is 2.71 bits per heavy atom. The zero-order valence-corrected chi connectivity index (χ0v) is 9.24. The molecule has 0 amide bonds. The number of methoxy groups -OCH3 is 1. The number of rotatable bonds is 2. The minimum Gasteiger partial charge on any atom is -0.497 e. The summed E-state index contributed by atoms with van der Waals surface area (Å²) in [6.07, 6.45) is 4.95. The van der Waals surface area contributed by atoms with Crippen LogP contribution in [0.15, 0.2) is 43.1 Å². The van der Waals surface area contributed by atoms with Gasteiger partial charge in [0.1, 0.15) is 23.9 Å². The van der Waals surface area contributed by atoms with Gasteiger partial charge in [-0.05, 0) is 24.3 Å². The molecule has 0 spiro atoms. The Morgan fingerprint density at radius 1 is 1.12 bits per heavy atom. The van der Waals surface area contributed by atoms with Crippen molar-refractivity contribution in [2.24, 2.45) is 0 Å². The summed E-state index contributed by atoms with van der Waals surface area (Å²) < 4.78 is 7.04. The van der Waals surface area contributed by atoms with Gasteiger partial charge in [0.2, 0.25) is 0 Å². The summed E-state index contributed by atoms with van der Waals surface area (Å²) in [7, 11) is 1.65. The molecule has 84 valence electrons. The Bertz CT molecular complexity index is 645. The van der Waals surface area contributed by atoms with Gasteiger partial charge < -0.3 is 4.74 Å². The maximum absolute atomic E-state index is 5.12. The van der Waals surface area contributed by atoms with E-state index in [9.17, 15) is 0 Å². The molecule has 0 unspecified atom stereocenters. The molecule has 3 aromatic rings. The molecule has 0 aliphatic rings. The molecule has 3 rings (SSSR count). The highest BCUT2D eigenvalue weighted by molar-refractivity contribution is 5.71. The van der Waals surface area contributed by atoms with Crippen LogP contribution in [0.4, 0.5) is 0 Å². The molecule has 0 aliphatic heterocycles. The standard InChI is InChI=1S/C12H10N4O/c1-17-10-4-2-9(3-5-10)16-8-15-11-6-13-7-14-12(11)16/h2-8H,1H3. The number of aromatic nitrogens is 4. The fourth-order valence-corrected chi connectivity index (χ4v) is 1.70. The average Bonchev–Trinajstić information content (AvgIpc) is 2.83. The molecule has 0 N–H and O–H groups in total. The molecule has 0 saturated carbocycles. The van der Waals surface area contributed by atoms with Crippen LogP contribution in [-0.2, 0) is 0 Å². The van der Waals surface area contributed by atoms with Gasteiger partial charge >= 0.3 is 0 Å². The molecule has 0 saturated heterocycles. The van der Waals surface area contributed by atoms with Crippen molar-refractivity contribution in [3.05, 3.63) is 43.1 Å². The van der Waals surface area contributed by atoms with E-state index in [4.69, 9.17) is 4.74 Å². The number of ether oxygens (including phenoxy) is 1. The van der Waals surface area contributed by atoms with E-state index in [2.05, 4.69) is 15.0 Å². The van der Waals surface area contributed by atoms with Gasteiger partial charge in [-0.1, -0.05) is 0 Å². The molecule has 5 heteroatoms. The van der Waals surface area contributed by atoms with Crippen LogP contribution in [0.2, 0.25) is 0 Å². The van der Waals surface area contributed by atoms with Gasteiger partial charge in [-0.3, -0.25) is 4.57 Å². The van der Waals surface area contributed by atoms with Gasteiger partial charge in [-0.15, -0.1) is 0 Å². The van der Waals surface area contributed by atoms with E-state index in [1.54, 1.807) is 19.6 Å². The molecule has 1 aromatic carbocycles. The van der Waals surface area contributed by atoms with Crippen molar-refractivity contribution in [3.8, 4) is 11.4 Å². The first-order valence-corrected chi connectivity index (χ1v) is 5.16. The molecule has 0 atom stereocenters. The van der Waals surface area contributed by atoms with Gasteiger partial charge in [0.25, 0.3) is 0 Å². The fourth-order valence-electron chi connectivity index (χ4n) is 1.70. The molecular formula is C12H10N4O. The SMILES string of the molecule is COc1ccc(-n2cnc3cncnc32)cc1. The first-order valence-electron chi connectivity index (χ1n) is 5.16. The lowest BCUT2D eigenvalue weighted by molar-refractivity contribution is 0.415. The third kappa shape index (κ3) is 1.61. The van der Waals surface area contributed by atoms with Crippen LogP contribution in [-0.4, -0.2) is 26.6 Å². The van der Waals surface area contributed by atoms with E-state index in [-0.39, 0.29) is 0 Å². The van der Waals surface area contributed by atoms with E-state index in [0.717, 1.165) is 22.6 Å². The molecular weight excluding hydrogens is 216 g/mol. The molecule has 2 aromatic heterocycles. The van der Waals surface area contributed by atoms with Gasteiger partial charge in [-0.2, -0.15) is 0 Å². The zero-order valence-electron chi connectivity index (χ0n) is 9.24. The highest BCUT2D eigenvalue weighted by atomic mass is 16.5. The summed E-state index contributed by atoms with van der Waals surface area (Å²) in [5.74, 6) is 0.827. The largest absolute Gasteiger partial charge is 0.497 e. The second-order valence-corrected chi connectivity index (χ2v) is 3.54. The highest BCUT2D eigenvalue weighted by Gasteiger charge is 2.05. The molecule has 5 nitrogen and oxygen atoms in total. The predicted octanol–water partition coefficient (Wildman–Crippen LogP) is 1.82. The van der Waals surface area contributed by atoms with Gasteiger partial charge in [-0.25, -0.2) is 15.0 Å². The summed E-state index contributed by atoms with van der Waals surface area (Å²) in [5, 5.41) is 0. The van der Waals surface area contributed by atoms with Gasteiger partial charge in [0.05, 0.1) is 13.3 Å². The van der Waals surface area contributed by atoms with Crippen molar-refractivity contribution in [2.45, 2.75) is 0 Å². The van der Waals surface area contributed by atoms with Gasteiger partial charge in [0.15, 0.2) is 5.65 Å². The number of benzene rings is 1. The summed E-state index contributed by atoms with van der Waals surface area (Å²) in [6.45, 7) is 0. The van der Waals surface area contributed by atoms with E-state index < -0.39 is 0 Å². The normalized spacial score (nSPS) is 10.6. The first kappa shape index (κ1) is 9.77. The lowest BCUT2D eigenvalue weighted by atomic mass is 10.3. The third-order valence-corrected chi connectivity index (χ3v) is 2.56. The van der Waals surface area contributed by atoms with Gasteiger partial charge in [0, 0.05) is 5.69 Å². The molecule has 0 radical (unpaired) electrons.